The molecule has 0 unspecified atom stereocenters. The lowest BCUT2D eigenvalue weighted by Crippen LogP contribution is -2.66. The highest BCUT2D eigenvalue weighted by atomic mass is 16.5. The normalized spacial score (nSPS) is 39.7. The predicted octanol–water partition coefficient (Wildman–Crippen LogP) is 14.2. The lowest BCUT2D eigenvalue weighted by atomic mass is 9.32. The summed E-state index contributed by atoms with van der Waals surface area (Å²) >= 11 is 0. The molecule has 0 heterocycles. The van der Waals surface area contributed by atoms with E-state index in [4.69, 9.17) is 4.74 Å². The average molecular weight is 665 g/mol. The van der Waals surface area contributed by atoms with Gasteiger partial charge in [0.05, 0.1) is 0 Å². The summed E-state index contributed by atoms with van der Waals surface area (Å²) in [5, 5.41) is 0. The van der Waals surface area contributed by atoms with Crippen molar-refractivity contribution < 1.29 is 9.53 Å². The van der Waals surface area contributed by atoms with Crippen LogP contribution in [-0.2, 0) is 9.53 Å². The van der Waals surface area contributed by atoms with Crippen LogP contribution < -0.4 is 0 Å². The number of unbranched alkanes of at least 4 members (excludes halogenated alkanes) is 12. The van der Waals surface area contributed by atoms with E-state index in [1.165, 1.54) is 135 Å². The molecule has 0 aliphatic heterocycles. The second-order valence-corrected chi connectivity index (χ2v) is 20.6. The fourth-order valence-electron chi connectivity index (χ4n) is 13.3. The first-order chi connectivity index (χ1) is 22.6. The fourth-order valence-corrected chi connectivity index (χ4v) is 13.3. The molecule has 2 nitrogen and oxygen atoms in total. The Morgan fingerprint density at radius 3 is 1.83 bits per heavy atom. The Kier molecular flexibility index (Phi) is 12.1. The quantitative estimate of drug-likeness (QED) is 0.0989. The van der Waals surface area contributed by atoms with Crippen LogP contribution in [0.25, 0.3) is 0 Å². The van der Waals surface area contributed by atoms with Gasteiger partial charge in [-0.2, -0.15) is 0 Å². The van der Waals surface area contributed by atoms with Gasteiger partial charge in [0.2, 0.25) is 0 Å². The first-order valence-electron chi connectivity index (χ1n) is 21.6. The number of carbonyl (C=O) groups is 1. The molecule has 0 N–H and O–H groups in total. The maximum Gasteiger partial charge on any atom is 0.306 e. The van der Waals surface area contributed by atoms with E-state index in [1.54, 1.807) is 0 Å². The van der Waals surface area contributed by atoms with Crippen molar-refractivity contribution in [3.8, 4) is 0 Å². The Hall–Kier alpha value is -0.790. The van der Waals surface area contributed by atoms with E-state index in [-0.39, 0.29) is 17.5 Å². The van der Waals surface area contributed by atoms with E-state index in [0.29, 0.717) is 39.4 Å². The number of allylic oxidation sites excluding steroid dienone is 2. The standard InChI is InChI=1S/C46H80O2/c1-10-11-12-13-14-15-16-17-18-19-20-21-22-23-40(47)48-39-27-28-44(7)37(42(39,4)5)26-29-46(9)38(44)25-24-35-36-34-41(2,3)30-31-43(36,6)32-33-45(35,46)8/h34-35,37-39H,10-33H2,1-9H3/t35-,37+,38-,39+,43-,44+,45-,46-/m1/s1. The van der Waals surface area contributed by atoms with Crippen LogP contribution in [0.2, 0.25) is 0 Å². The molecule has 48 heavy (non-hydrogen) atoms. The number of ether oxygens (including phenoxy) is 1. The molecule has 0 aromatic rings. The van der Waals surface area contributed by atoms with Gasteiger partial charge in [-0.15, -0.1) is 0 Å². The summed E-state index contributed by atoms with van der Waals surface area (Å²) in [7, 11) is 0. The van der Waals surface area contributed by atoms with Gasteiger partial charge >= 0.3 is 5.97 Å². The Balaban J connectivity index is 1.11. The number of hydrogen-bond donors (Lipinski definition) is 0. The average Bonchev–Trinajstić information content (AvgIpc) is 3.02. The van der Waals surface area contributed by atoms with Gasteiger partial charge < -0.3 is 4.74 Å². The van der Waals surface area contributed by atoms with Crippen LogP contribution in [0.15, 0.2) is 11.6 Å². The van der Waals surface area contributed by atoms with E-state index in [2.05, 4.69) is 68.4 Å². The number of hydrogen-bond acceptors (Lipinski definition) is 2. The van der Waals surface area contributed by atoms with Crippen molar-refractivity contribution in [2.24, 2.45) is 50.2 Å². The Morgan fingerprint density at radius 1 is 0.625 bits per heavy atom. The Labute approximate surface area is 299 Å². The van der Waals surface area contributed by atoms with Crippen LogP contribution >= 0.6 is 0 Å². The number of esters is 1. The summed E-state index contributed by atoms with van der Waals surface area (Å²) in [6, 6.07) is 0. The molecule has 0 saturated heterocycles. The van der Waals surface area contributed by atoms with Gasteiger partial charge in [-0.3, -0.25) is 4.79 Å². The molecule has 0 aromatic carbocycles. The molecule has 2 heteroatoms. The zero-order chi connectivity index (χ0) is 34.8. The van der Waals surface area contributed by atoms with Gasteiger partial charge in [0, 0.05) is 11.8 Å². The van der Waals surface area contributed by atoms with Gasteiger partial charge in [-0.25, -0.2) is 0 Å². The smallest absolute Gasteiger partial charge is 0.306 e. The molecule has 5 aliphatic carbocycles. The van der Waals surface area contributed by atoms with E-state index in [9.17, 15) is 4.79 Å². The number of rotatable bonds is 15. The number of carbonyl (C=O) groups excluding carboxylic acids is 1. The van der Waals surface area contributed by atoms with Gasteiger partial charge in [0.25, 0.3) is 0 Å². The van der Waals surface area contributed by atoms with E-state index in [1.807, 2.05) is 5.57 Å². The third-order valence-corrected chi connectivity index (χ3v) is 16.7. The molecule has 4 saturated carbocycles. The second kappa shape index (κ2) is 15.1. The first-order valence-corrected chi connectivity index (χ1v) is 21.6. The Bertz CT molecular complexity index is 1120. The highest BCUT2D eigenvalue weighted by molar-refractivity contribution is 5.69. The monoisotopic (exact) mass is 665 g/mol. The van der Waals surface area contributed by atoms with E-state index >= 15 is 0 Å². The van der Waals surface area contributed by atoms with Crippen molar-refractivity contribution in [1.29, 1.82) is 0 Å². The third-order valence-electron chi connectivity index (χ3n) is 16.7. The van der Waals surface area contributed by atoms with Crippen LogP contribution in [0.1, 0.15) is 216 Å². The number of fused-ring (bicyclic) bond motifs is 7. The lowest BCUT2D eigenvalue weighted by molar-refractivity contribution is -0.233. The van der Waals surface area contributed by atoms with Crippen LogP contribution in [0.3, 0.4) is 0 Å². The molecule has 0 spiro atoms. The van der Waals surface area contributed by atoms with Crippen molar-refractivity contribution in [3.05, 3.63) is 11.6 Å². The first kappa shape index (κ1) is 38.4. The maximum absolute atomic E-state index is 13.2. The molecule has 5 aliphatic rings. The molecule has 0 amide bonds. The van der Waals surface area contributed by atoms with E-state index in [0.717, 1.165) is 24.7 Å². The molecule has 276 valence electrons. The predicted molar refractivity (Wildman–Crippen MR) is 205 cm³/mol. The van der Waals surface area contributed by atoms with Crippen LogP contribution in [-0.4, -0.2) is 12.1 Å². The Morgan fingerprint density at radius 2 is 1.21 bits per heavy atom. The van der Waals surface area contributed by atoms with Crippen molar-refractivity contribution in [2.75, 3.05) is 0 Å². The van der Waals surface area contributed by atoms with Crippen molar-refractivity contribution in [3.63, 3.8) is 0 Å². The molecule has 0 aromatic heterocycles. The topological polar surface area (TPSA) is 26.3 Å². The van der Waals surface area contributed by atoms with Crippen molar-refractivity contribution >= 4 is 5.97 Å². The molecule has 8 atom stereocenters. The highest BCUT2D eigenvalue weighted by Crippen LogP contribution is 2.76. The largest absolute Gasteiger partial charge is 0.462 e. The fraction of sp³-hybridized carbons (Fsp3) is 0.935. The zero-order valence-electron chi connectivity index (χ0n) is 33.7. The minimum absolute atomic E-state index is 0.0405. The van der Waals surface area contributed by atoms with Crippen LogP contribution in [0, 0.1) is 50.2 Å². The van der Waals surface area contributed by atoms with Crippen LogP contribution in [0.4, 0.5) is 0 Å². The summed E-state index contributed by atoms with van der Waals surface area (Å²) in [5.74, 6) is 2.23. The summed E-state index contributed by atoms with van der Waals surface area (Å²) in [4.78, 5) is 13.2. The zero-order valence-corrected chi connectivity index (χ0v) is 33.7. The van der Waals surface area contributed by atoms with Crippen molar-refractivity contribution in [1.82, 2.24) is 0 Å². The molecule has 4 fully saturated rings. The second-order valence-electron chi connectivity index (χ2n) is 20.6. The summed E-state index contributed by atoms with van der Waals surface area (Å²) in [6.07, 6.45) is 34.1. The lowest BCUT2D eigenvalue weighted by Gasteiger charge is -2.72. The summed E-state index contributed by atoms with van der Waals surface area (Å²) < 4.78 is 6.42. The van der Waals surface area contributed by atoms with Gasteiger partial charge in [0.1, 0.15) is 6.10 Å². The molecule has 0 radical (unpaired) electrons. The minimum atomic E-state index is 0.0405. The van der Waals surface area contributed by atoms with Crippen molar-refractivity contribution in [2.45, 2.75) is 223 Å². The van der Waals surface area contributed by atoms with Crippen LogP contribution in [0.5, 0.6) is 0 Å². The van der Waals surface area contributed by atoms with Gasteiger partial charge in [0.15, 0.2) is 0 Å². The molecular weight excluding hydrogens is 585 g/mol. The molecule has 5 rings (SSSR count). The third kappa shape index (κ3) is 7.41. The SMILES string of the molecule is CCCCCCCCCCCCCCCC(=O)O[C@H]1CC[C@]2(C)[C@H]3CC[C@@H]4C5=CC(C)(C)CC[C@]5(C)CC[C@@]4(C)[C@]3(C)CC[C@H]2C1(C)C. The van der Waals surface area contributed by atoms with Gasteiger partial charge in [-0.05, 0) is 115 Å². The molecular formula is C46H80O2. The minimum Gasteiger partial charge on any atom is -0.462 e. The van der Waals surface area contributed by atoms with Gasteiger partial charge in [-0.1, -0.05) is 151 Å². The highest BCUT2D eigenvalue weighted by Gasteiger charge is 2.69. The summed E-state index contributed by atoms with van der Waals surface area (Å²) in [6.45, 7) is 23.0. The van der Waals surface area contributed by atoms with E-state index < -0.39 is 0 Å². The summed E-state index contributed by atoms with van der Waals surface area (Å²) in [5.41, 5.74) is 3.80. The maximum atomic E-state index is 13.2. The molecule has 0 bridgehead atoms.